The molecular formula is C41H45FIrNO3-. The molecule has 1 N–H and O–H groups in total. The van der Waals surface area contributed by atoms with Gasteiger partial charge in [-0.05, 0) is 53.0 Å². The summed E-state index contributed by atoms with van der Waals surface area (Å²) in [7, 11) is 0. The summed E-state index contributed by atoms with van der Waals surface area (Å²) in [6, 6.07) is 19.1. The normalized spacial score (nSPS) is 15.8. The first-order chi connectivity index (χ1) is 22.3. The Hall–Kier alpha value is -3.34. The number of carbonyl (C=O) groups excluding carboxylic acids is 1. The molecule has 1 radical (unpaired) electrons. The van der Waals surface area contributed by atoms with Gasteiger partial charge in [0.25, 0.3) is 0 Å². The molecule has 0 unspecified atom stereocenters. The minimum absolute atomic E-state index is 0. The third kappa shape index (κ3) is 8.21. The molecule has 3 aromatic carbocycles. The number of para-hydroxylation sites is 1. The van der Waals surface area contributed by atoms with Crippen LogP contribution in [0.3, 0.4) is 0 Å². The fourth-order valence-electron chi connectivity index (χ4n) is 7.44. The van der Waals surface area contributed by atoms with Crippen molar-refractivity contribution < 1.29 is 38.8 Å². The number of hydrogen-bond acceptors (Lipinski definition) is 4. The number of nitrogens with zero attached hydrogens (tertiary/aromatic N) is 1. The molecule has 2 aliphatic carbocycles. The van der Waals surface area contributed by atoms with Gasteiger partial charge in [-0.3, -0.25) is 4.79 Å². The monoisotopic (exact) mass is 811 g/mol. The first-order valence-electron chi connectivity index (χ1n) is 17.1. The van der Waals surface area contributed by atoms with E-state index >= 15 is 4.39 Å². The molecule has 7 rings (SSSR count). The Balaban J connectivity index is 0.000000207. The van der Waals surface area contributed by atoms with Crippen LogP contribution in [-0.2, 0) is 31.3 Å². The van der Waals surface area contributed by atoms with Crippen LogP contribution < -0.4 is 0 Å². The Kier molecular flexibility index (Phi) is 11.7. The van der Waals surface area contributed by atoms with Gasteiger partial charge >= 0.3 is 0 Å². The molecule has 0 saturated heterocycles. The quantitative estimate of drug-likeness (QED) is 0.0963. The van der Waals surface area contributed by atoms with Crippen LogP contribution in [-0.4, -0.2) is 15.9 Å². The minimum atomic E-state index is -0.159. The fourth-order valence-corrected chi connectivity index (χ4v) is 7.44. The molecule has 0 bridgehead atoms. The molecule has 6 heteroatoms. The molecule has 0 aliphatic heterocycles. The number of pyridine rings is 1. The summed E-state index contributed by atoms with van der Waals surface area (Å²) in [5, 5.41) is 13.3. The van der Waals surface area contributed by atoms with Crippen molar-refractivity contribution in [1.29, 1.82) is 0 Å². The number of benzene rings is 3. The molecule has 2 saturated carbocycles. The number of aryl methyl sites for hydroxylation is 1. The topological polar surface area (TPSA) is 63.3 Å². The zero-order valence-corrected chi connectivity index (χ0v) is 30.1. The average Bonchev–Trinajstić information content (AvgIpc) is 3.80. The Morgan fingerprint density at radius 2 is 1.64 bits per heavy atom. The van der Waals surface area contributed by atoms with E-state index in [-0.39, 0.29) is 31.7 Å². The van der Waals surface area contributed by atoms with E-state index in [2.05, 4.69) is 37.0 Å². The summed E-state index contributed by atoms with van der Waals surface area (Å²) in [5.74, 6) is 1.88. The molecule has 5 aromatic rings. The minimum Gasteiger partial charge on any atom is -0.512 e. The van der Waals surface area contributed by atoms with Crippen molar-refractivity contribution in [3.8, 4) is 11.3 Å². The number of aromatic nitrogens is 1. The van der Waals surface area contributed by atoms with Crippen LogP contribution in [0.25, 0.3) is 44.0 Å². The van der Waals surface area contributed by atoms with Crippen molar-refractivity contribution in [3.63, 3.8) is 0 Å². The van der Waals surface area contributed by atoms with Gasteiger partial charge in [0.05, 0.1) is 11.3 Å². The number of halogens is 1. The van der Waals surface area contributed by atoms with Gasteiger partial charge < -0.3 is 14.5 Å². The predicted molar refractivity (Wildman–Crippen MR) is 185 cm³/mol. The van der Waals surface area contributed by atoms with Crippen LogP contribution in [0.1, 0.15) is 89.2 Å². The summed E-state index contributed by atoms with van der Waals surface area (Å²) >= 11 is 0. The molecule has 2 fully saturated rings. The van der Waals surface area contributed by atoms with Gasteiger partial charge in [0.1, 0.15) is 11.4 Å². The van der Waals surface area contributed by atoms with E-state index in [0.717, 1.165) is 50.4 Å². The second kappa shape index (κ2) is 15.7. The van der Waals surface area contributed by atoms with Crippen molar-refractivity contribution in [2.75, 3.05) is 0 Å². The number of fused-ring (bicyclic) bond motifs is 4. The molecule has 47 heavy (non-hydrogen) atoms. The first-order valence-corrected chi connectivity index (χ1v) is 17.1. The predicted octanol–water partition coefficient (Wildman–Crippen LogP) is 11.4. The number of furan rings is 1. The van der Waals surface area contributed by atoms with Crippen LogP contribution in [0, 0.1) is 36.6 Å². The Morgan fingerprint density at radius 1 is 0.957 bits per heavy atom. The molecule has 0 spiro atoms. The summed E-state index contributed by atoms with van der Waals surface area (Å²) in [5.41, 5.74) is 4.78. The van der Waals surface area contributed by atoms with E-state index in [9.17, 15) is 9.90 Å². The van der Waals surface area contributed by atoms with E-state index in [0.29, 0.717) is 47.4 Å². The maximum absolute atomic E-state index is 15.2. The van der Waals surface area contributed by atoms with E-state index in [1.54, 1.807) is 12.3 Å². The van der Waals surface area contributed by atoms with Crippen molar-refractivity contribution in [1.82, 2.24) is 4.98 Å². The summed E-state index contributed by atoms with van der Waals surface area (Å²) in [4.78, 5) is 16.4. The molecule has 0 amide bonds. The number of rotatable bonds is 8. The number of ketones is 1. The zero-order chi connectivity index (χ0) is 32.2. The van der Waals surface area contributed by atoms with Crippen LogP contribution in [0.15, 0.2) is 71.0 Å². The van der Waals surface area contributed by atoms with Gasteiger partial charge in [0.2, 0.25) is 0 Å². The number of hydrogen-bond donors (Lipinski definition) is 1. The van der Waals surface area contributed by atoms with E-state index < -0.39 is 0 Å². The van der Waals surface area contributed by atoms with Gasteiger partial charge in [-0.25, -0.2) is 4.39 Å². The molecule has 4 nitrogen and oxygen atoms in total. The van der Waals surface area contributed by atoms with Crippen LogP contribution in [0.4, 0.5) is 4.39 Å². The summed E-state index contributed by atoms with van der Waals surface area (Å²) < 4.78 is 21.4. The maximum Gasteiger partial charge on any atom is 0.159 e. The Bertz CT molecular complexity index is 1880. The smallest absolute Gasteiger partial charge is 0.159 e. The number of aliphatic hydroxyl groups is 1. The number of allylic oxidation sites excluding steroid dienone is 2. The summed E-state index contributed by atoms with van der Waals surface area (Å²) in [6.45, 7) is 6.21. The molecule has 2 aliphatic rings. The Morgan fingerprint density at radius 3 is 2.34 bits per heavy atom. The molecule has 0 atom stereocenters. The molecule has 2 heterocycles. The largest absolute Gasteiger partial charge is 0.512 e. The van der Waals surface area contributed by atoms with Crippen LogP contribution in [0.5, 0.6) is 0 Å². The van der Waals surface area contributed by atoms with Gasteiger partial charge in [0.15, 0.2) is 5.78 Å². The fraction of sp³-hybridized carbons (Fsp3) is 0.415. The van der Waals surface area contributed by atoms with E-state index in [1.807, 2.05) is 37.3 Å². The first kappa shape index (κ1) is 35.0. The zero-order valence-electron chi connectivity index (χ0n) is 27.7. The third-order valence-electron chi connectivity index (χ3n) is 9.63. The summed E-state index contributed by atoms with van der Waals surface area (Å²) in [6.07, 6.45) is 15.2. The van der Waals surface area contributed by atoms with Gasteiger partial charge in [-0.15, -0.1) is 17.7 Å². The van der Waals surface area contributed by atoms with Gasteiger partial charge in [-0.2, -0.15) is 0 Å². The van der Waals surface area contributed by atoms with Crippen LogP contribution in [0.2, 0.25) is 0 Å². The maximum atomic E-state index is 15.2. The molecule has 2 aromatic heterocycles. The number of aliphatic hydroxyl groups excluding tert-OH is 1. The SMILES string of the molecule is Cc1[c-]c(-c2nccc3c(F)c(CC(C)C)ccc23)c2oc3ccccc3c2c1.O=C(/C=C(\O)CC1CCCC1)CC1CCCC1.[Ir]. The second-order valence-electron chi connectivity index (χ2n) is 13.9. The standard InChI is InChI=1S/C26H21FNO.C15H24O2.Ir/c1-15(2)12-17-8-9-20-19(24(17)27)10-11-28-25(20)22-14-16(3)13-21-18-6-4-5-7-23(18)29-26(21)22;16-14(9-12-5-1-2-6-12)11-15(17)10-13-7-3-4-8-13;/h4-11,13,15H,12H2,1-3H3;11-13,16H,1-10H2;/q-1;;/b;14-11-;. The van der Waals surface area contributed by atoms with E-state index in [4.69, 9.17) is 4.42 Å². The molecule has 249 valence electrons. The van der Waals surface area contributed by atoms with Gasteiger partial charge in [0, 0.05) is 56.0 Å². The third-order valence-corrected chi connectivity index (χ3v) is 9.63. The number of carbonyl (C=O) groups is 1. The van der Waals surface area contributed by atoms with Crippen molar-refractivity contribution in [2.45, 2.75) is 91.4 Å². The van der Waals surface area contributed by atoms with E-state index in [1.165, 1.54) is 57.4 Å². The van der Waals surface area contributed by atoms with Crippen molar-refractivity contribution in [3.05, 3.63) is 89.6 Å². The van der Waals surface area contributed by atoms with Crippen molar-refractivity contribution >= 4 is 38.5 Å². The van der Waals surface area contributed by atoms with Crippen molar-refractivity contribution in [2.24, 2.45) is 17.8 Å². The average molecular weight is 811 g/mol. The van der Waals surface area contributed by atoms with Crippen LogP contribution >= 0.6 is 0 Å². The molecular weight excluding hydrogens is 766 g/mol. The van der Waals surface area contributed by atoms with Gasteiger partial charge in [-0.1, -0.05) is 113 Å². The Labute approximate surface area is 291 Å². The second-order valence-corrected chi connectivity index (χ2v) is 13.9.